The molecule has 0 unspecified atom stereocenters. The van der Waals surface area contributed by atoms with Crippen LogP contribution in [0.25, 0.3) is 11.3 Å². The van der Waals surface area contributed by atoms with Gasteiger partial charge in [0.05, 0.1) is 12.3 Å². The van der Waals surface area contributed by atoms with Crippen LogP contribution in [0.3, 0.4) is 0 Å². The van der Waals surface area contributed by atoms with Crippen molar-refractivity contribution < 1.29 is 4.74 Å². The van der Waals surface area contributed by atoms with Gasteiger partial charge in [0.1, 0.15) is 17.4 Å². The van der Waals surface area contributed by atoms with Crippen LogP contribution in [-0.2, 0) is 6.42 Å². The lowest BCUT2D eigenvalue weighted by Crippen LogP contribution is -2.02. The van der Waals surface area contributed by atoms with Crippen molar-refractivity contribution in [2.75, 3.05) is 19.0 Å². The molecule has 0 aliphatic rings. The molecule has 1 N–H and O–H groups in total. The van der Waals surface area contributed by atoms with Crippen LogP contribution < -0.4 is 10.1 Å². The fourth-order valence-corrected chi connectivity index (χ4v) is 2.06. The normalized spacial score (nSPS) is 10.3. The SMILES string of the molecule is CCCc1nc(NC)cc(-c2ccccc2OCC)n1. The molecule has 4 nitrogen and oxygen atoms in total. The van der Waals surface area contributed by atoms with Crippen molar-refractivity contribution in [2.24, 2.45) is 0 Å². The number of nitrogens with zero attached hydrogens (tertiary/aromatic N) is 2. The first-order chi connectivity index (χ1) is 9.78. The summed E-state index contributed by atoms with van der Waals surface area (Å²) < 4.78 is 5.68. The third-order valence-electron chi connectivity index (χ3n) is 2.97. The molecule has 0 aliphatic carbocycles. The zero-order valence-corrected chi connectivity index (χ0v) is 12.3. The topological polar surface area (TPSA) is 47.0 Å². The van der Waals surface area contributed by atoms with E-state index in [-0.39, 0.29) is 0 Å². The summed E-state index contributed by atoms with van der Waals surface area (Å²) in [7, 11) is 1.87. The molecule has 0 fully saturated rings. The van der Waals surface area contributed by atoms with Gasteiger partial charge in [-0.1, -0.05) is 19.1 Å². The van der Waals surface area contributed by atoms with Crippen LogP contribution in [0.15, 0.2) is 30.3 Å². The number of para-hydroxylation sites is 1. The van der Waals surface area contributed by atoms with Gasteiger partial charge in [0, 0.05) is 25.1 Å². The van der Waals surface area contributed by atoms with Gasteiger partial charge in [-0.25, -0.2) is 9.97 Å². The van der Waals surface area contributed by atoms with Crippen LogP contribution >= 0.6 is 0 Å². The summed E-state index contributed by atoms with van der Waals surface area (Å²) in [6.07, 6.45) is 1.90. The number of ether oxygens (including phenoxy) is 1. The summed E-state index contributed by atoms with van der Waals surface area (Å²) in [6.45, 7) is 4.75. The Labute approximate surface area is 120 Å². The Morgan fingerprint density at radius 3 is 2.65 bits per heavy atom. The maximum Gasteiger partial charge on any atom is 0.131 e. The van der Waals surface area contributed by atoms with E-state index < -0.39 is 0 Å². The van der Waals surface area contributed by atoms with E-state index in [1.54, 1.807) is 0 Å². The van der Waals surface area contributed by atoms with E-state index in [1.807, 2.05) is 44.3 Å². The second-order valence-electron chi connectivity index (χ2n) is 4.48. The van der Waals surface area contributed by atoms with Gasteiger partial charge in [-0.05, 0) is 25.5 Å². The number of anilines is 1. The van der Waals surface area contributed by atoms with E-state index in [9.17, 15) is 0 Å². The van der Waals surface area contributed by atoms with Gasteiger partial charge in [0.15, 0.2) is 0 Å². The van der Waals surface area contributed by atoms with Crippen molar-refractivity contribution in [3.63, 3.8) is 0 Å². The van der Waals surface area contributed by atoms with E-state index >= 15 is 0 Å². The summed E-state index contributed by atoms with van der Waals surface area (Å²) in [6, 6.07) is 9.93. The minimum absolute atomic E-state index is 0.642. The molecular weight excluding hydrogens is 250 g/mol. The molecular formula is C16H21N3O. The molecule has 4 heteroatoms. The van der Waals surface area contributed by atoms with Crippen molar-refractivity contribution in [3.8, 4) is 17.0 Å². The summed E-state index contributed by atoms with van der Waals surface area (Å²) in [5.41, 5.74) is 1.91. The predicted molar refractivity (Wildman–Crippen MR) is 82.2 cm³/mol. The zero-order valence-electron chi connectivity index (χ0n) is 12.3. The van der Waals surface area contributed by atoms with Crippen LogP contribution in [0.4, 0.5) is 5.82 Å². The van der Waals surface area contributed by atoms with E-state index in [0.717, 1.165) is 41.5 Å². The van der Waals surface area contributed by atoms with Gasteiger partial charge in [-0.3, -0.25) is 0 Å². The first-order valence-corrected chi connectivity index (χ1v) is 7.06. The van der Waals surface area contributed by atoms with Crippen LogP contribution in [0.2, 0.25) is 0 Å². The number of aromatic nitrogens is 2. The molecule has 2 rings (SSSR count). The molecule has 0 radical (unpaired) electrons. The first kappa shape index (κ1) is 14.3. The number of hydrogen-bond donors (Lipinski definition) is 1. The highest BCUT2D eigenvalue weighted by atomic mass is 16.5. The maximum absolute atomic E-state index is 5.68. The largest absolute Gasteiger partial charge is 0.493 e. The standard InChI is InChI=1S/C16H21N3O/c1-4-8-15-18-13(11-16(17-3)19-15)12-9-6-7-10-14(12)20-5-2/h6-7,9-11H,4-5,8H2,1-3H3,(H,17,18,19). The summed E-state index contributed by atoms with van der Waals surface area (Å²) in [4.78, 5) is 9.13. The average molecular weight is 271 g/mol. The molecule has 106 valence electrons. The van der Waals surface area contributed by atoms with Gasteiger partial charge in [-0.2, -0.15) is 0 Å². The third-order valence-corrected chi connectivity index (χ3v) is 2.97. The highest BCUT2D eigenvalue weighted by Gasteiger charge is 2.10. The second kappa shape index (κ2) is 6.89. The Bertz CT molecular complexity index is 569. The molecule has 2 aromatic rings. The number of hydrogen-bond acceptors (Lipinski definition) is 4. The monoisotopic (exact) mass is 271 g/mol. The average Bonchev–Trinajstić information content (AvgIpc) is 2.48. The highest BCUT2D eigenvalue weighted by molar-refractivity contribution is 5.69. The van der Waals surface area contributed by atoms with E-state index in [4.69, 9.17) is 4.74 Å². The highest BCUT2D eigenvalue weighted by Crippen LogP contribution is 2.29. The van der Waals surface area contributed by atoms with Crippen LogP contribution in [0.5, 0.6) is 5.75 Å². The lowest BCUT2D eigenvalue weighted by atomic mass is 10.1. The molecule has 0 atom stereocenters. The number of nitrogens with one attached hydrogen (secondary N) is 1. The molecule has 1 aromatic carbocycles. The zero-order chi connectivity index (χ0) is 14.4. The Morgan fingerprint density at radius 2 is 1.95 bits per heavy atom. The van der Waals surface area contributed by atoms with Gasteiger partial charge >= 0.3 is 0 Å². The Hall–Kier alpha value is -2.10. The van der Waals surface area contributed by atoms with Crippen LogP contribution in [-0.4, -0.2) is 23.6 Å². The number of benzene rings is 1. The molecule has 0 amide bonds. The van der Waals surface area contributed by atoms with E-state index in [2.05, 4.69) is 22.2 Å². The summed E-state index contributed by atoms with van der Waals surface area (Å²) >= 11 is 0. The Balaban J connectivity index is 2.48. The molecule has 0 aliphatic heterocycles. The fourth-order valence-electron chi connectivity index (χ4n) is 2.06. The number of aryl methyl sites for hydroxylation is 1. The smallest absolute Gasteiger partial charge is 0.131 e. The Morgan fingerprint density at radius 1 is 1.15 bits per heavy atom. The fraction of sp³-hybridized carbons (Fsp3) is 0.375. The molecule has 20 heavy (non-hydrogen) atoms. The minimum Gasteiger partial charge on any atom is -0.493 e. The van der Waals surface area contributed by atoms with Crippen molar-refractivity contribution in [3.05, 3.63) is 36.2 Å². The number of rotatable bonds is 6. The van der Waals surface area contributed by atoms with E-state index in [0.29, 0.717) is 6.61 Å². The lowest BCUT2D eigenvalue weighted by molar-refractivity contribution is 0.341. The summed E-state index contributed by atoms with van der Waals surface area (Å²) in [5.74, 6) is 2.56. The van der Waals surface area contributed by atoms with Gasteiger partial charge in [0.2, 0.25) is 0 Å². The van der Waals surface area contributed by atoms with Gasteiger partial charge < -0.3 is 10.1 Å². The van der Waals surface area contributed by atoms with Crippen LogP contribution in [0.1, 0.15) is 26.1 Å². The van der Waals surface area contributed by atoms with Crippen molar-refractivity contribution in [1.29, 1.82) is 0 Å². The molecule has 0 spiro atoms. The predicted octanol–water partition coefficient (Wildman–Crippen LogP) is 3.54. The molecule has 0 bridgehead atoms. The van der Waals surface area contributed by atoms with E-state index in [1.165, 1.54) is 0 Å². The van der Waals surface area contributed by atoms with Crippen LogP contribution in [0, 0.1) is 0 Å². The van der Waals surface area contributed by atoms with Gasteiger partial charge in [0.25, 0.3) is 0 Å². The lowest BCUT2D eigenvalue weighted by Gasteiger charge is -2.11. The molecule has 0 saturated carbocycles. The van der Waals surface area contributed by atoms with Gasteiger partial charge in [-0.15, -0.1) is 0 Å². The maximum atomic E-state index is 5.68. The first-order valence-electron chi connectivity index (χ1n) is 7.06. The van der Waals surface area contributed by atoms with Crippen molar-refractivity contribution in [1.82, 2.24) is 9.97 Å². The quantitative estimate of drug-likeness (QED) is 0.873. The van der Waals surface area contributed by atoms with Crippen molar-refractivity contribution >= 4 is 5.82 Å². The molecule has 1 heterocycles. The molecule has 1 aromatic heterocycles. The minimum atomic E-state index is 0.642. The third kappa shape index (κ3) is 3.26. The Kier molecular flexibility index (Phi) is 4.93. The summed E-state index contributed by atoms with van der Waals surface area (Å²) in [5, 5.41) is 3.10. The second-order valence-corrected chi connectivity index (χ2v) is 4.48. The van der Waals surface area contributed by atoms with Crippen molar-refractivity contribution in [2.45, 2.75) is 26.7 Å². The molecule has 0 saturated heterocycles.